The van der Waals surface area contributed by atoms with Crippen molar-refractivity contribution >= 4 is 28.8 Å². The van der Waals surface area contributed by atoms with Gasteiger partial charge in [0.2, 0.25) is 0 Å². The molecule has 0 fully saturated rings. The number of aromatic amines is 1. The number of rotatable bonds is 4. The van der Waals surface area contributed by atoms with Crippen LogP contribution in [0.25, 0.3) is 26.0 Å². The summed E-state index contributed by atoms with van der Waals surface area (Å²) in [6, 6.07) is 12.5. The molecule has 0 saturated carbocycles. The first-order valence-electron chi connectivity index (χ1n) is 7.93. The molecule has 27 heavy (non-hydrogen) atoms. The van der Waals surface area contributed by atoms with Gasteiger partial charge in [-0.2, -0.15) is 0 Å². The topological polar surface area (TPSA) is 79.0 Å². The fourth-order valence-corrected chi connectivity index (χ4v) is 3.97. The summed E-state index contributed by atoms with van der Waals surface area (Å²) >= 11 is 7.42. The van der Waals surface area contributed by atoms with E-state index in [9.17, 15) is 5.11 Å². The Morgan fingerprint density at radius 3 is 2.70 bits per heavy atom. The fraction of sp³-hybridized carbons (Fsp3) is 0.0526. The first kappa shape index (κ1) is 17.4. The molecule has 0 bridgehead atoms. The summed E-state index contributed by atoms with van der Waals surface area (Å²) < 4.78 is 0. The second-order valence-electron chi connectivity index (χ2n) is 5.70. The van der Waals surface area contributed by atoms with Crippen molar-refractivity contribution in [3.63, 3.8) is 0 Å². The molecule has 8 heteroatoms. The lowest BCUT2D eigenvalue weighted by Crippen LogP contribution is -2.00. The molecule has 1 aromatic carbocycles. The first-order valence-corrected chi connectivity index (χ1v) is 9.12. The fourth-order valence-electron chi connectivity index (χ4n) is 2.71. The van der Waals surface area contributed by atoms with Gasteiger partial charge in [0, 0.05) is 15.5 Å². The summed E-state index contributed by atoms with van der Waals surface area (Å²) in [4.78, 5) is 12.1. The molecule has 132 valence electrons. The molecule has 0 aliphatic rings. The van der Waals surface area contributed by atoms with Crippen molar-refractivity contribution in [3.05, 3.63) is 82.6 Å². The number of nitrogens with zero attached hydrogens (tertiary/aromatic N) is 4. The van der Waals surface area contributed by atoms with Crippen molar-refractivity contribution in [1.82, 2.24) is 20.2 Å². The van der Waals surface area contributed by atoms with Gasteiger partial charge in [-0.25, -0.2) is 0 Å². The second kappa shape index (κ2) is 7.29. The summed E-state index contributed by atoms with van der Waals surface area (Å²) in [5.74, 6) is 0.899. The van der Waals surface area contributed by atoms with Crippen LogP contribution in [0.3, 0.4) is 0 Å². The number of aliphatic hydroxyl groups excluding tert-OH is 1. The molecule has 4 aromatic rings. The predicted octanol–water partition coefficient (Wildman–Crippen LogP) is 4.88. The van der Waals surface area contributed by atoms with Crippen LogP contribution in [0.2, 0.25) is 5.02 Å². The van der Waals surface area contributed by atoms with Gasteiger partial charge < -0.3 is 14.9 Å². The second-order valence-corrected chi connectivity index (χ2v) is 7.19. The highest BCUT2D eigenvalue weighted by Gasteiger charge is 2.22. The summed E-state index contributed by atoms with van der Waals surface area (Å²) in [6.45, 7) is 7.15. The van der Waals surface area contributed by atoms with E-state index in [1.165, 1.54) is 17.7 Å². The minimum absolute atomic E-state index is 0.321. The standard InChI is InChI=1S/C19H12ClN5OS/c1-21-16-8-12(6-7-22-16)15-9-14(18(27-15)19-23-10-24-25-19)17(26)11-2-4-13(20)5-3-11/h2-10,17,26H,(H,23,24,25). The SMILES string of the molecule is [C-]#[N+]c1cc(-c2cc(C(O)c3ccc(Cl)cc3)c(-c3nnc[nH]3)s2)ccn1. The van der Waals surface area contributed by atoms with Crippen molar-refractivity contribution in [1.29, 1.82) is 0 Å². The maximum Gasteiger partial charge on any atom is 0.270 e. The summed E-state index contributed by atoms with van der Waals surface area (Å²) in [5, 5.41) is 19.5. The zero-order valence-electron chi connectivity index (χ0n) is 13.8. The maximum absolute atomic E-state index is 11.0. The molecule has 0 aliphatic carbocycles. The van der Waals surface area contributed by atoms with Gasteiger partial charge in [-0.05, 0) is 41.5 Å². The van der Waals surface area contributed by atoms with Crippen LogP contribution in [0.4, 0.5) is 5.82 Å². The third-order valence-corrected chi connectivity index (χ3v) is 5.48. The van der Waals surface area contributed by atoms with Crippen molar-refractivity contribution in [2.45, 2.75) is 6.10 Å². The Labute approximate surface area is 164 Å². The molecule has 1 atom stereocenters. The first-order chi connectivity index (χ1) is 13.2. The molecule has 0 amide bonds. The Kier molecular flexibility index (Phi) is 4.69. The van der Waals surface area contributed by atoms with E-state index in [-0.39, 0.29) is 0 Å². The number of nitrogens with one attached hydrogen (secondary N) is 1. The van der Waals surface area contributed by atoms with E-state index >= 15 is 0 Å². The van der Waals surface area contributed by atoms with Crippen molar-refractivity contribution < 1.29 is 5.11 Å². The molecular weight excluding hydrogens is 382 g/mol. The molecule has 6 nitrogen and oxygen atoms in total. The van der Waals surface area contributed by atoms with Gasteiger partial charge in [0.05, 0.1) is 4.88 Å². The van der Waals surface area contributed by atoms with E-state index in [2.05, 4.69) is 25.0 Å². The Morgan fingerprint density at radius 2 is 2.00 bits per heavy atom. The van der Waals surface area contributed by atoms with Crippen molar-refractivity contribution in [2.75, 3.05) is 0 Å². The highest BCUT2D eigenvalue weighted by molar-refractivity contribution is 7.19. The van der Waals surface area contributed by atoms with Crippen molar-refractivity contribution in [3.8, 4) is 21.1 Å². The lowest BCUT2D eigenvalue weighted by molar-refractivity contribution is 0.221. The van der Waals surface area contributed by atoms with Gasteiger partial charge in [0.25, 0.3) is 5.82 Å². The van der Waals surface area contributed by atoms with Crippen LogP contribution in [0.15, 0.2) is 55.0 Å². The Morgan fingerprint density at radius 1 is 1.19 bits per heavy atom. The van der Waals surface area contributed by atoms with Crippen LogP contribution in [0, 0.1) is 6.57 Å². The lowest BCUT2D eigenvalue weighted by Gasteiger charge is -2.11. The molecule has 0 radical (unpaired) electrons. The molecule has 3 aromatic heterocycles. The molecular formula is C19H12ClN5OS. The Hall–Kier alpha value is -3.05. The number of hydrogen-bond acceptors (Lipinski definition) is 5. The number of aliphatic hydroxyl groups is 1. The molecule has 2 N–H and O–H groups in total. The summed E-state index contributed by atoms with van der Waals surface area (Å²) in [7, 11) is 0. The van der Waals surface area contributed by atoms with Crippen LogP contribution >= 0.6 is 22.9 Å². The van der Waals surface area contributed by atoms with Crippen molar-refractivity contribution in [2.24, 2.45) is 0 Å². The Balaban J connectivity index is 1.83. The van der Waals surface area contributed by atoms with Gasteiger partial charge in [-0.1, -0.05) is 30.3 Å². The van der Waals surface area contributed by atoms with Gasteiger partial charge in [0.1, 0.15) is 18.6 Å². The van der Waals surface area contributed by atoms with E-state index in [0.717, 1.165) is 20.9 Å². The predicted molar refractivity (Wildman–Crippen MR) is 105 cm³/mol. The smallest absolute Gasteiger partial charge is 0.270 e. The summed E-state index contributed by atoms with van der Waals surface area (Å²) in [5.41, 5.74) is 2.28. The Bertz CT molecular complexity index is 1120. The van der Waals surface area contributed by atoms with Crippen LogP contribution in [0.5, 0.6) is 0 Å². The normalized spacial score (nSPS) is 11.9. The number of halogens is 1. The van der Waals surface area contributed by atoms with Crippen LogP contribution in [-0.2, 0) is 0 Å². The third-order valence-electron chi connectivity index (χ3n) is 4.02. The molecule has 0 spiro atoms. The number of aromatic nitrogens is 4. The summed E-state index contributed by atoms with van der Waals surface area (Å²) in [6.07, 6.45) is 2.25. The minimum atomic E-state index is -0.852. The number of hydrogen-bond donors (Lipinski definition) is 2. The molecule has 4 rings (SSSR count). The monoisotopic (exact) mass is 393 g/mol. The van der Waals surface area contributed by atoms with Crippen LogP contribution < -0.4 is 0 Å². The number of benzene rings is 1. The zero-order valence-corrected chi connectivity index (χ0v) is 15.4. The highest BCUT2D eigenvalue weighted by Crippen LogP contribution is 2.41. The van der Waals surface area contributed by atoms with E-state index in [4.69, 9.17) is 18.2 Å². The lowest BCUT2D eigenvalue weighted by atomic mass is 10.0. The maximum atomic E-state index is 11.0. The molecule has 0 aliphatic heterocycles. The number of thiophene rings is 1. The average molecular weight is 394 g/mol. The molecule has 0 saturated heterocycles. The third kappa shape index (κ3) is 3.46. The average Bonchev–Trinajstić information content (AvgIpc) is 3.38. The molecule has 1 unspecified atom stereocenters. The van der Waals surface area contributed by atoms with E-state index in [0.29, 0.717) is 22.2 Å². The largest absolute Gasteiger partial charge is 0.384 e. The quantitative estimate of drug-likeness (QED) is 0.484. The van der Waals surface area contributed by atoms with Gasteiger partial charge in [-0.3, -0.25) is 0 Å². The van der Waals surface area contributed by atoms with Crippen LogP contribution in [0.1, 0.15) is 17.2 Å². The zero-order chi connectivity index (χ0) is 18.8. The van der Waals surface area contributed by atoms with E-state index in [1.54, 1.807) is 36.5 Å². The minimum Gasteiger partial charge on any atom is -0.384 e. The van der Waals surface area contributed by atoms with E-state index in [1.807, 2.05) is 12.1 Å². The van der Waals surface area contributed by atoms with Crippen LogP contribution in [-0.4, -0.2) is 25.3 Å². The highest BCUT2D eigenvalue weighted by atomic mass is 35.5. The van der Waals surface area contributed by atoms with E-state index < -0.39 is 6.10 Å². The van der Waals surface area contributed by atoms with Gasteiger partial charge in [0.15, 0.2) is 5.82 Å². The number of pyridine rings is 1. The molecule has 3 heterocycles. The number of H-pyrrole nitrogens is 1. The van der Waals surface area contributed by atoms with Gasteiger partial charge in [-0.15, -0.1) is 26.5 Å². The van der Waals surface area contributed by atoms with Gasteiger partial charge >= 0.3 is 0 Å².